The van der Waals surface area contributed by atoms with Gasteiger partial charge in [0.05, 0.1) is 0 Å². The lowest BCUT2D eigenvalue weighted by Crippen LogP contribution is -2.31. The van der Waals surface area contributed by atoms with Crippen LogP contribution in [0.2, 0.25) is 0 Å². The minimum atomic E-state index is -2.10. The fourth-order valence-electron chi connectivity index (χ4n) is 4.22. The average Bonchev–Trinajstić information content (AvgIpc) is 2.99. The van der Waals surface area contributed by atoms with Gasteiger partial charge < -0.3 is 0 Å². The highest BCUT2D eigenvalue weighted by atomic mass is 14.9. The molecule has 0 bridgehead atoms. The third kappa shape index (κ3) is 1.93. The van der Waals surface area contributed by atoms with Gasteiger partial charge in [0.1, 0.15) is 7.05 Å². The van der Waals surface area contributed by atoms with Gasteiger partial charge in [0.15, 0.2) is 6.20 Å². The molecule has 1 heterocycles. The van der Waals surface area contributed by atoms with Crippen LogP contribution in [0.4, 0.5) is 0 Å². The van der Waals surface area contributed by atoms with Crippen LogP contribution >= 0.6 is 0 Å². The van der Waals surface area contributed by atoms with E-state index in [0.29, 0.717) is 5.56 Å². The van der Waals surface area contributed by atoms with E-state index in [1.165, 1.54) is 38.6 Å². The van der Waals surface area contributed by atoms with Gasteiger partial charge in [0.2, 0.25) is 5.69 Å². The number of hydrogen-bond donors (Lipinski definition) is 0. The minimum absolute atomic E-state index is 0.356. The molecule has 0 fully saturated rings. The minimum Gasteiger partial charge on any atom is -0.201 e. The van der Waals surface area contributed by atoms with Crippen molar-refractivity contribution in [2.75, 3.05) is 0 Å². The molecule has 0 saturated carbocycles. The predicted molar refractivity (Wildman–Crippen MR) is 104 cm³/mol. The Kier molecular flexibility index (Phi) is 2.33. The van der Waals surface area contributed by atoms with Gasteiger partial charge in [-0.15, -0.1) is 0 Å². The monoisotopic (exact) mass is 325 g/mol. The third-order valence-corrected chi connectivity index (χ3v) is 5.34. The van der Waals surface area contributed by atoms with Crippen molar-refractivity contribution in [3.8, 4) is 33.5 Å². The van der Waals surface area contributed by atoms with Gasteiger partial charge in [-0.05, 0) is 64.5 Å². The van der Waals surface area contributed by atoms with Crippen molar-refractivity contribution in [1.82, 2.24) is 0 Å². The Labute approximate surface area is 152 Å². The number of benzene rings is 3. The van der Waals surface area contributed by atoms with Crippen LogP contribution in [-0.2, 0) is 7.05 Å². The quantitative estimate of drug-likeness (QED) is 0.353. The summed E-state index contributed by atoms with van der Waals surface area (Å²) < 4.78 is 24.9. The van der Waals surface area contributed by atoms with Gasteiger partial charge in [0, 0.05) is 21.3 Å². The Hall–Kier alpha value is -2.93. The second kappa shape index (κ2) is 5.03. The summed E-state index contributed by atoms with van der Waals surface area (Å²) in [5.74, 6) is 0. The van der Waals surface area contributed by atoms with Crippen molar-refractivity contribution in [3.05, 3.63) is 78.0 Å². The summed E-state index contributed by atoms with van der Waals surface area (Å²) in [7, 11) is 1.91. The number of aromatic nitrogens is 1. The lowest BCUT2D eigenvalue weighted by atomic mass is 9.93. The summed E-state index contributed by atoms with van der Waals surface area (Å²) >= 11 is 0. The van der Waals surface area contributed by atoms with Crippen LogP contribution in [-0.4, -0.2) is 0 Å². The van der Waals surface area contributed by atoms with Crippen LogP contribution in [0.15, 0.2) is 66.9 Å². The first kappa shape index (κ1) is 11.6. The molecule has 3 aromatic carbocycles. The number of rotatable bonds is 1. The van der Waals surface area contributed by atoms with Crippen LogP contribution < -0.4 is 4.57 Å². The van der Waals surface area contributed by atoms with Crippen LogP contribution in [0.3, 0.4) is 0 Å². The zero-order valence-corrected chi connectivity index (χ0v) is 14.3. The maximum Gasteiger partial charge on any atom is 0.212 e. The second-order valence-corrected chi connectivity index (χ2v) is 6.78. The Morgan fingerprint density at radius 2 is 1.56 bits per heavy atom. The van der Waals surface area contributed by atoms with E-state index in [9.17, 15) is 0 Å². The maximum absolute atomic E-state index is 7.65. The molecule has 0 unspecified atom stereocenters. The van der Waals surface area contributed by atoms with E-state index in [1.807, 2.05) is 17.7 Å². The van der Waals surface area contributed by atoms with Crippen LogP contribution in [0.1, 0.15) is 15.2 Å². The van der Waals surface area contributed by atoms with Gasteiger partial charge >= 0.3 is 0 Å². The van der Waals surface area contributed by atoms with E-state index in [4.69, 9.17) is 4.11 Å². The molecule has 0 radical (unpaired) electrons. The summed E-state index contributed by atoms with van der Waals surface area (Å²) in [6, 6.07) is 20.9. The van der Waals surface area contributed by atoms with Gasteiger partial charge in [0.25, 0.3) is 0 Å². The normalized spacial score (nSPS) is 14.1. The van der Waals surface area contributed by atoms with Gasteiger partial charge in [-0.3, -0.25) is 0 Å². The zero-order valence-electron chi connectivity index (χ0n) is 17.3. The summed E-state index contributed by atoms with van der Waals surface area (Å²) in [6.07, 6.45) is 1.71. The van der Waals surface area contributed by atoms with Crippen molar-refractivity contribution in [2.24, 2.45) is 7.05 Å². The largest absolute Gasteiger partial charge is 0.212 e. The molecule has 25 heavy (non-hydrogen) atoms. The molecule has 0 amide bonds. The Balaban J connectivity index is 1.74. The highest BCUT2D eigenvalue weighted by Gasteiger charge is 2.25. The van der Waals surface area contributed by atoms with E-state index in [2.05, 4.69) is 55.5 Å². The molecule has 1 aliphatic carbocycles. The molecule has 5 rings (SSSR count). The van der Waals surface area contributed by atoms with E-state index < -0.39 is 6.85 Å². The molecule has 1 aliphatic rings. The predicted octanol–water partition coefficient (Wildman–Crippen LogP) is 5.60. The molecule has 0 atom stereocenters. The molecule has 1 heteroatoms. The number of hydrogen-bond acceptors (Lipinski definition) is 0. The molecule has 0 saturated heterocycles. The van der Waals surface area contributed by atoms with Crippen LogP contribution in [0.25, 0.3) is 44.3 Å². The highest BCUT2D eigenvalue weighted by Crippen LogP contribution is 2.49. The molecular weight excluding hydrogens is 302 g/mol. The van der Waals surface area contributed by atoms with Gasteiger partial charge in [-0.25, -0.2) is 4.57 Å². The third-order valence-electron chi connectivity index (χ3n) is 5.34. The maximum atomic E-state index is 7.65. The summed E-state index contributed by atoms with van der Waals surface area (Å²) in [5.41, 5.74) is 8.84. The number of aryl methyl sites for hydroxylation is 2. The van der Waals surface area contributed by atoms with E-state index in [1.54, 1.807) is 12.3 Å². The summed E-state index contributed by atoms with van der Waals surface area (Å²) in [4.78, 5) is 0. The lowest BCUT2D eigenvalue weighted by Gasteiger charge is -2.11. The first-order valence-electron chi connectivity index (χ1n) is 10.0. The fraction of sp³-hybridized carbons (Fsp3) is 0.125. The second-order valence-electron chi connectivity index (χ2n) is 6.78. The standard InChI is InChI=1S/C24H20N/c1-15-10-13-22(25(3)14-15)18-11-12-20-19-8-4-6-17-7-5-9-21(24(17)19)23(20)16(18)2/h4-14H,1-3H3/q+1/i1D3. The molecular formula is C24H20N+. The zero-order chi connectivity index (χ0) is 19.6. The van der Waals surface area contributed by atoms with Crippen molar-refractivity contribution >= 4 is 10.8 Å². The van der Waals surface area contributed by atoms with E-state index in [-0.39, 0.29) is 0 Å². The number of pyridine rings is 1. The first-order chi connectivity index (χ1) is 13.4. The van der Waals surface area contributed by atoms with Gasteiger partial charge in [-0.1, -0.05) is 42.5 Å². The molecule has 1 aromatic heterocycles. The highest BCUT2D eigenvalue weighted by molar-refractivity contribution is 6.16. The molecule has 0 aliphatic heterocycles. The molecule has 4 aromatic rings. The van der Waals surface area contributed by atoms with Crippen molar-refractivity contribution < 1.29 is 8.68 Å². The van der Waals surface area contributed by atoms with E-state index in [0.717, 1.165) is 11.3 Å². The molecule has 120 valence electrons. The van der Waals surface area contributed by atoms with Crippen LogP contribution in [0.5, 0.6) is 0 Å². The molecule has 0 N–H and O–H groups in total. The number of nitrogens with zero attached hydrogens (tertiary/aromatic N) is 1. The van der Waals surface area contributed by atoms with Crippen molar-refractivity contribution in [2.45, 2.75) is 13.8 Å². The average molecular weight is 325 g/mol. The van der Waals surface area contributed by atoms with Crippen molar-refractivity contribution in [3.63, 3.8) is 0 Å². The number of fused-ring (bicyclic) bond motifs is 3. The first-order valence-corrected chi connectivity index (χ1v) is 8.53. The van der Waals surface area contributed by atoms with Gasteiger partial charge in [-0.2, -0.15) is 0 Å². The molecule has 0 spiro atoms. The topological polar surface area (TPSA) is 3.88 Å². The Morgan fingerprint density at radius 1 is 0.800 bits per heavy atom. The fourth-order valence-corrected chi connectivity index (χ4v) is 4.22. The summed E-state index contributed by atoms with van der Waals surface area (Å²) in [6.45, 7) is 0.0666. The SMILES string of the molecule is [2H]C([2H])([2H])c1ccc(-c2ccc3c(c2C)-c2cccc4cccc-3c24)[n+](C)c1. The molecule has 1 nitrogen and oxygen atoms in total. The van der Waals surface area contributed by atoms with E-state index >= 15 is 0 Å². The summed E-state index contributed by atoms with van der Waals surface area (Å²) in [5, 5.41) is 2.59. The smallest absolute Gasteiger partial charge is 0.201 e. The Morgan fingerprint density at radius 3 is 2.32 bits per heavy atom. The lowest BCUT2D eigenvalue weighted by molar-refractivity contribution is -0.660. The van der Waals surface area contributed by atoms with Crippen molar-refractivity contribution in [1.29, 1.82) is 0 Å². The van der Waals surface area contributed by atoms with Crippen LogP contribution in [0, 0.1) is 13.8 Å². The Bertz CT molecular complexity index is 1260.